The number of carbonyl (C=O) groups excluding carboxylic acids is 4. The minimum atomic E-state index is -1.52. The topological polar surface area (TPSA) is 287 Å². The number of H-pyrrole nitrogens is 1. The lowest BCUT2D eigenvalue weighted by Crippen LogP contribution is -2.58. The van der Waals surface area contributed by atoms with Crippen LogP contribution >= 0.6 is 0 Å². The molecule has 16 nitrogen and oxygen atoms in total. The van der Waals surface area contributed by atoms with Crippen LogP contribution in [0.15, 0.2) is 47.8 Å². The number of nitrogens with one attached hydrogen (secondary N) is 4. The number of aliphatic carboxylic acids is 1. The van der Waals surface area contributed by atoms with E-state index in [-0.39, 0.29) is 38.2 Å². The third-order valence-electron chi connectivity index (χ3n) is 5.86. The van der Waals surface area contributed by atoms with E-state index in [1.54, 1.807) is 30.3 Å². The van der Waals surface area contributed by atoms with Crippen LogP contribution in [0.5, 0.6) is 0 Å². The number of amides is 4. The Balaban J connectivity index is 2.23. The molecule has 0 unspecified atom stereocenters. The fourth-order valence-electron chi connectivity index (χ4n) is 3.78. The molecule has 4 atom stereocenters. The SMILES string of the molecule is NC(=O)[C@H](CC(=O)O)NC(=O)[C@H](CCCN=C(N)N)NC(=O)[C@H](Cc1ccccc1)NC(=O)[C@@H](N)Cc1cnc[nH]1. The number of carbonyl (C=O) groups is 5. The van der Waals surface area contributed by atoms with Crippen molar-refractivity contribution in [3.05, 3.63) is 54.1 Å². The van der Waals surface area contributed by atoms with Crippen molar-refractivity contribution in [3.8, 4) is 0 Å². The van der Waals surface area contributed by atoms with Gasteiger partial charge in [-0.1, -0.05) is 30.3 Å². The molecular formula is C25H36N10O6. The monoisotopic (exact) mass is 572 g/mol. The van der Waals surface area contributed by atoms with E-state index in [2.05, 4.69) is 30.9 Å². The maximum atomic E-state index is 13.5. The van der Waals surface area contributed by atoms with Gasteiger partial charge in [-0.15, -0.1) is 0 Å². The zero-order valence-corrected chi connectivity index (χ0v) is 22.3. The summed E-state index contributed by atoms with van der Waals surface area (Å²) in [6, 6.07) is 3.94. The highest BCUT2D eigenvalue weighted by Crippen LogP contribution is 2.07. The van der Waals surface area contributed by atoms with Gasteiger partial charge < -0.3 is 49.0 Å². The summed E-state index contributed by atoms with van der Waals surface area (Å²) in [5.41, 5.74) is 23.3. The Hall–Kier alpha value is -4.99. The minimum absolute atomic E-state index is 0.0122. The van der Waals surface area contributed by atoms with Gasteiger partial charge in [-0.25, -0.2) is 4.98 Å². The maximum Gasteiger partial charge on any atom is 0.305 e. The molecule has 222 valence electrons. The molecule has 1 aromatic carbocycles. The summed E-state index contributed by atoms with van der Waals surface area (Å²) in [7, 11) is 0. The number of rotatable bonds is 17. The number of primary amides is 1. The molecular weight excluding hydrogens is 536 g/mol. The van der Waals surface area contributed by atoms with Crippen molar-refractivity contribution in [2.75, 3.05) is 6.54 Å². The highest BCUT2D eigenvalue weighted by molar-refractivity contribution is 5.95. The average Bonchev–Trinajstić information content (AvgIpc) is 3.42. The fraction of sp³-hybridized carbons (Fsp3) is 0.400. The molecule has 0 aliphatic rings. The Morgan fingerprint density at radius 1 is 0.902 bits per heavy atom. The first kappa shape index (κ1) is 32.2. The van der Waals surface area contributed by atoms with Gasteiger partial charge in [-0.05, 0) is 18.4 Å². The molecule has 0 spiro atoms. The number of aromatic nitrogens is 2. The predicted molar refractivity (Wildman–Crippen MR) is 148 cm³/mol. The van der Waals surface area contributed by atoms with E-state index >= 15 is 0 Å². The number of carboxylic acids is 1. The van der Waals surface area contributed by atoms with Crippen molar-refractivity contribution in [3.63, 3.8) is 0 Å². The number of nitrogens with two attached hydrogens (primary N) is 4. The van der Waals surface area contributed by atoms with Crippen LogP contribution in [0, 0.1) is 0 Å². The van der Waals surface area contributed by atoms with Gasteiger partial charge in [-0.3, -0.25) is 29.0 Å². The van der Waals surface area contributed by atoms with E-state index < -0.39 is 60.2 Å². The number of aliphatic imine (C=N–C) groups is 1. The van der Waals surface area contributed by atoms with Gasteiger partial charge in [0, 0.05) is 31.3 Å². The molecule has 1 aromatic heterocycles. The van der Waals surface area contributed by atoms with Gasteiger partial charge in [0.2, 0.25) is 23.6 Å². The summed E-state index contributed by atoms with van der Waals surface area (Å²) < 4.78 is 0. The predicted octanol–water partition coefficient (Wildman–Crippen LogP) is -3.01. The number of hydrogen-bond acceptors (Lipinski definition) is 8. The van der Waals surface area contributed by atoms with Crippen LogP contribution in [-0.2, 0) is 36.8 Å². The number of carboxylic acid groups (broad SMARTS) is 1. The highest BCUT2D eigenvalue weighted by Gasteiger charge is 2.30. The summed E-state index contributed by atoms with van der Waals surface area (Å²) in [6.07, 6.45) is 2.68. The molecule has 0 bridgehead atoms. The van der Waals surface area contributed by atoms with Gasteiger partial charge in [0.15, 0.2) is 5.96 Å². The van der Waals surface area contributed by atoms with Gasteiger partial charge in [-0.2, -0.15) is 0 Å². The zero-order valence-electron chi connectivity index (χ0n) is 22.3. The zero-order chi connectivity index (χ0) is 30.4. The molecule has 0 saturated carbocycles. The van der Waals surface area contributed by atoms with E-state index in [0.717, 1.165) is 5.56 Å². The van der Waals surface area contributed by atoms with Crippen LogP contribution < -0.4 is 38.9 Å². The Labute approximate surface area is 235 Å². The van der Waals surface area contributed by atoms with Crippen molar-refractivity contribution >= 4 is 35.6 Å². The molecule has 4 amide bonds. The first-order valence-electron chi connectivity index (χ1n) is 12.7. The van der Waals surface area contributed by atoms with Gasteiger partial charge >= 0.3 is 5.97 Å². The molecule has 16 heteroatoms. The highest BCUT2D eigenvalue weighted by atomic mass is 16.4. The summed E-state index contributed by atoms with van der Waals surface area (Å²) >= 11 is 0. The van der Waals surface area contributed by atoms with Gasteiger partial charge in [0.05, 0.1) is 18.8 Å². The Morgan fingerprint density at radius 2 is 1.54 bits per heavy atom. The third kappa shape index (κ3) is 11.7. The molecule has 0 saturated heterocycles. The summed E-state index contributed by atoms with van der Waals surface area (Å²) in [5.74, 6) is -4.77. The summed E-state index contributed by atoms with van der Waals surface area (Å²) in [4.78, 5) is 72.8. The van der Waals surface area contributed by atoms with Gasteiger partial charge in [0.25, 0.3) is 0 Å². The Kier molecular flexibility index (Phi) is 12.7. The van der Waals surface area contributed by atoms with E-state index in [1.165, 1.54) is 12.5 Å². The minimum Gasteiger partial charge on any atom is -0.481 e. The second-order valence-corrected chi connectivity index (χ2v) is 9.21. The van der Waals surface area contributed by atoms with Gasteiger partial charge in [0.1, 0.15) is 18.1 Å². The molecule has 1 heterocycles. The lowest BCUT2D eigenvalue weighted by molar-refractivity contribution is -0.140. The van der Waals surface area contributed by atoms with E-state index in [1.807, 2.05) is 0 Å². The van der Waals surface area contributed by atoms with Crippen LogP contribution in [0.2, 0.25) is 0 Å². The van der Waals surface area contributed by atoms with Crippen molar-refractivity contribution < 1.29 is 29.1 Å². The number of benzene rings is 1. The molecule has 13 N–H and O–H groups in total. The molecule has 2 aromatic rings. The third-order valence-corrected chi connectivity index (χ3v) is 5.86. The van der Waals surface area contributed by atoms with E-state index in [0.29, 0.717) is 5.69 Å². The number of aromatic amines is 1. The Morgan fingerprint density at radius 3 is 2.12 bits per heavy atom. The molecule has 0 radical (unpaired) electrons. The van der Waals surface area contributed by atoms with Crippen molar-refractivity contribution in [1.29, 1.82) is 0 Å². The number of hydrogen-bond donors (Lipinski definition) is 9. The van der Waals surface area contributed by atoms with Crippen LogP contribution in [0.3, 0.4) is 0 Å². The average molecular weight is 573 g/mol. The first-order chi connectivity index (χ1) is 19.5. The van der Waals surface area contributed by atoms with Crippen molar-refractivity contribution in [2.45, 2.75) is 56.3 Å². The normalized spacial score (nSPS) is 13.6. The molecule has 0 fully saturated rings. The van der Waals surface area contributed by atoms with E-state index in [4.69, 9.17) is 28.0 Å². The maximum absolute atomic E-state index is 13.5. The molecule has 0 aliphatic carbocycles. The fourth-order valence-corrected chi connectivity index (χ4v) is 3.78. The standard InChI is InChI=1S/C25H36N10O6/c26-16(10-15-12-30-13-32-15)22(39)35-19(9-14-5-2-1-3-6-14)24(41)33-17(7-4-8-31-25(28)29)23(40)34-18(21(27)38)11-20(36)37/h1-3,5-6,12-13,16-19H,4,7-11,26H2,(H2,27,38)(H,30,32)(H,33,41)(H,34,40)(H,35,39)(H,36,37)(H4,28,29,31)/t16-,17-,18-,19-/m0/s1. The largest absolute Gasteiger partial charge is 0.481 e. The van der Waals surface area contributed by atoms with Crippen LogP contribution in [0.25, 0.3) is 0 Å². The molecule has 0 aliphatic heterocycles. The number of guanidine groups is 1. The number of imidazole rings is 1. The van der Waals surface area contributed by atoms with Crippen LogP contribution in [-0.4, -0.2) is 81.3 Å². The van der Waals surface area contributed by atoms with E-state index in [9.17, 15) is 24.0 Å². The van der Waals surface area contributed by atoms with Crippen LogP contribution in [0.4, 0.5) is 0 Å². The lowest BCUT2D eigenvalue weighted by Gasteiger charge is -2.25. The second kappa shape index (κ2) is 16.2. The second-order valence-electron chi connectivity index (χ2n) is 9.21. The lowest BCUT2D eigenvalue weighted by atomic mass is 10.0. The smallest absolute Gasteiger partial charge is 0.305 e. The molecule has 41 heavy (non-hydrogen) atoms. The van der Waals surface area contributed by atoms with Crippen molar-refractivity contribution in [1.82, 2.24) is 25.9 Å². The van der Waals surface area contributed by atoms with Crippen molar-refractivity contribution in [2.24, 2.45) is 27.9 Å². The summed E-state index contributed by atoms with van der Waals surface area (Å²) in [6.45, 7) is 0.128. The molecule has 2 rings (SSSR count). The number of nitrogens with zero attached hydrogens (tertiary/aromatic N) is 2. The van der Waals surface area contributed by atoms with Crippen LogP contribution in [0.1, 0.15) is 30.5 Å². The quantitative estimate of drug-likeness (QED) is 0.0525. The Bertz CT molecular complexity index is 1200. The summed E-state index contributed by atoms with van der Waals surface area (Å²) in [5, 5.41) is 16.5. The first-order valence-corrected chi connectivity index (χ1v) is 12.7.